The summed E-state index contributed by atoms with van der Waals surface area (Å²) in [7, 11) is 0. The van der Waals surface area contributed by atoms with E-state index >= 15 is 0 Å². The van der Waals surface area contributed by atoms with Crippen LogP contribution in [0.3, 0.4) is 0 Å². The molecule has 0 bridgehead atoms. The first-order valence-corrected chi connectivity index (χ1v) is 12.1. The first-order valence-electron chi connectivity index (χ1n) is 12.1. The average molecular weight is 454 g/mol. The fourth-order valence-electron chi connectivity index (χ4n) is 5.26. The zero-order valence-electron chi connectivity index (χ0n) is 19.7. The van der Waals surface area contributed by atoms with Gasteiger partial charge in [0.1, 0.15) is 5.84 Å². The highest BCUT2D eigenvalue weighted by Gasteiger charge is 2.40. The number of nitrogen functional groups attached to an aromatic ring is 1. The zero-order chi connectivity index (χ0) is 23.5. The summed E-state index contributed by atoms with van der Waals surface area (Å²) < 4.78 is 7.36. The third-order valence-corrected chi connectivity index (χ3v) is 7.06. The normalized spacial score (nSPS) is 20.7. The molecule has 0 aliphatic carbocycles. The number of rotatable bonds is 9. The third kappa shape index (κ3) is 4.76. The molecule has 2 aromatic rings. The van der Waals surface area contributed by atoms with E-state index in [0.29, 0.717) is 6.61 Å². The highest BCUT2D eigenvalue weighted by atomic mass is 16.5. The molecule has 1 aromatic carbocycles. The summed E-state index contributed by atoms with van der Waals surface area (Å²) in [6.45, 7) is 6.90. The fraction of sp³-hybridized carbons (Fsp3) is 0.560. The largest absolute Gasteiger partial charge is 0.465 e. The van der Waals surface area contributed by atoms with Crippen molar-refractivity contribution in [2.24, 2.45) is 5.73 Å². The number of amidine groups is 1. The number of likely N-dealkylation sites (tertiary alicyclic amines) is 2. The van der Waals surface area contributed by atoms with Crippen molar-refractivity contribution >= 4 is 28.6 Å². The molecule has 0 spiro atoms. The summed E-state index contributed by atoms with van der Waals surface area (Å²) in [4.78, 5) is 29.2. The zero-order valence-corrected chi connectivity index (χ0v) is 19.7. The predicted molar refractivity (Wildman–Crippen MR) is 128 cm³/mol. The molecular weight excluding hydrogens is 418 g/mol. The number of carbonyl (C=O) groups is 2. The van der Waals surface area contributed by atoms with E-state index in [1.807, 2.05) is 28.0 Å². The lowest BCUT2D eigenvalue weighted by molar-refractivity contribution is -0.148. The Bertz CT molecular complexity index is 1050. The van der Waals surface area contributed by atoms with Crippen molar-refractivity contribution in [3.8, 4) is 0 Å². The van der Waals surface area contributed by atoms with Crippen LogP contribution >= 0.6 is 0 Å². The van der Waals surface area contributed by atoms with E-state index < -0.39 is 0 Å². The molecule has 3 N–H and O–H groups in total. The van der Waals surface area contributed by atoms with Crippen LogP contribution in [0.4, 0.5) is 0 Å². The standard InChI is InChI=1S/C25H35N5O3/c1-3-29-20(14-17-7-8-18(24(26)27)15-22(17)29)10-9-19-11-13-30(19)25(32)21-6-5-12-28(21)16-23(31)33-4-2/h7-8,14-15,19,21H,3-6,9-13,16H2,1-2H3,(H3,26,27)/t19-,21?/m1/s1. The number of hydrogen-bond acceptors (Lipinski definition) is 5. The van der Waals surface area contributed by atoms with Crippen LogP contribution in [0.2, 0.25) is 0 Å². The van der Waals surface area contributed by atoms with Gasteiger partial charge in [-0.1, -0.05) is 12.1 Å². The van der Waals surface area contributed by atoms with Crippen LogP contribution in [0, 0.1) is 5.41 Å². The van der Waals surface area contributed by atoms with Gasteiger partial charge in [-0.3, -0.25) is 19.9 Å². The van der Waals surface area contributed by atoms with E-state index in [0.717, 1.165) is 68.2 Å². The van der Waals surface area contributed by atoms with Crippen molar-refractivity contribution < 1.29 is 14.3 Å². The number of amides is 1. The molecule has 2 saturated heterocycles. The maximum atomic E-state index is 13.3. The fourth-order valence-corrected chi connectivity index (χ4v) is 5.26. The smallest absolute Gasteiger partial charge is 0.320 e. The Morgan fingerprint density at radius 1 is 1.18 bits per heavy atom. The molecule has 2 atom stereocenters. The first kappa shape index (κ1) is 23.3. The lowest BCUT2D eigenvalue weighted by Crippen LogP contribution is -2.57. The number of hydrogen-bond donors (Lipinski definition) is 2. The minimum Gasteiger partial charge on any atom is -0.465 e. The molecule has 0 saturated carbocycles. The van der Waals surface area contributed by atoms with Crippen LogP contribution in [0.25, 0.3) is 10.9 Å². The van der Waals surface area contributed by atoms with Crippen LogP contribution in [-0.4, -0.2) is 70.4 Å². The van der Waals surface area contributed by atoms with Gasteiger partial charge in [0.25, 0.3) is 0 Å². The molecule has 2 fully saturated rings. The number of nitrogens with zero attached hydrogens (tertiary/aromatic N) is 3. The van der Waals surface area contributed by atoms with Gasteiger partial charge in [-0.25, -0.2) is 0 Å². The van der Waals surface area contributed by atoms with E-state index in [9.17, 15) is 9.59 Å². The van der Waals surface area contributed by atoms with Crippen molar-refractivity contribution in [1.82, 2.24) is 14.4 Å². The number of aryl methyl sites for hydroxylation is 2. The van der Waals surface area contributed by atoms with Crippen molar-refractivity contribution in [3.05, 3.63) is 35.5 Å². The Morgan fingerprint density at radius 2 is 2.00 bits per heavy atom. The van der Waals surface area contributed by atoms with Gasteiger partial charge in [0.2, 0.25) is 5.91 Å². The molecule has 178 valence electrons. The van der Waals surface area contributed by atoms with Gasteiger partial charge in [-0.15, -0.1) is 0 Å². The summed E-state index contributed by atoms with van der Waals surface area (Å²) in [5, 5.41) is 8.87. The monoisotopic (exact) mass is 453 g/mol. The van der Waals surface area contributed by atoms with E-state index in [4.69, 9.17) is 15.9 Å². The maximum Gasteiger partial charge on any atom is 0.320 e. The molecule has 1 amide bonds. The van der Waals surface area contributed by atoms with Crippen molar-refractivity contribution in [2.75, 3.05) is 26.2 Å². The van der Waals surface area contributed by atoms with Crippen LogP contribution in [0.1, 0.15) is 50.8 Å². The van der Waals surface area contributed by atoms with Gasteiger partial charge >= 0.3 is 5.97 Å². The quantitative estimate of drug-likeness (QED) is 0.345. The van der Waals surface area contributed by atoms with E-state index in [-0.39, 0.29) is 36.3 Å². The van der Waals surface area contributed by atoms with Crippen molar-refractivity contribution in [2.45, 2.75) is 64.6 Å². The number of carbonyl (C=O) groups excluding carboxylic acids is 2. The Morgan fingerprint density at radius 3 is 2.67 bits per heavy atom. The second-order valence-corrected chi connectivity index (χ2v) is 9.01. The lowest BCUT2D eigenvalue weighted by Gasteiger charge is -2.43. The number of fused-ring (bicyclic) bond motifs is 1. The maximum absolute atomic E-state index is 13.3. The molecule has 33 heavy (non-hydrogen) atoms. The Hall–Kier alpha value is -2.87. The second-order valence-electron chi connectivity index (χ2n) is 9.01. The van der Waals surface area contributed by atoms with Gasteiger partial charge in [0.05, 0.1) is 19.2 Å². The van der Waals surface area contributed by atoms with Crippen molar-refractivity contribution in [3.63, 3.8) is 0 Å². The number of nitrogens with one attached hydrogen (secondary N) is 1. The number of aromatic nitrogens is 1. The SMILES string of the molecule is CCOC(=O)CN1CCCC1C(=O)N1CC[C@H]1CCc1cc2ccc(C(=N)N)cc2n1CC. The lowest BCUT2D eigenvalue weighted by atomic mass is 9.95. The molecule has 3 heterocycles. The topological polar surface area (TPSA) is 105 Å². The summed E-state index contributed by atoms with van der Waals surface area (Å²) >= 11 is 0. The summed E-state index contributed by atoms with van der Waals surface area (Å²) in [5.74, 6) is -0.0114. The molecular formula is C25H35N5O3. The molecule has 8 heteroatoms. The Balaban J connectivity index is 1.40. The van der Waals surface area contributed by atoms with Gasteiger partial charge in [-0.2, -0.15) is 0 Å². The molecule has 2 aliphatic heterocycles. The number of benzene rings is 1. The summed E-state index contributed by atoms with van der Waals surface area (Å²) in [6, 6.07) is 8.17. The number of nitrogens with two attached hydrogens (primary N) is 1. The molecule has 1 aromatic heterocycles. The molecule has 1 unspecified atom stereocenters. The number of ether oxygens (including phenoxy) is 1. The van der Waals surface area contributed by atoms with E-state index in [1.54, 1.807) is 6.92 Å². The predicted octanol–water partition coefficient (Wildman–Crippen LogP) is 2.51. The second kappa shape index (κ2) is 9.95. The highest BCUT2D eigenvalue weighted by Crippen LogP contribution is 2.29. The van der Waals surface area contributed by atoms with Crippen LogP contribution in [0.15, 0.2) is 24.3 Å². The minimum absolute atomic E-state index is 0.0786. The Kier molecular flexibility index (Phi) is 7.02. The van der Waals surface area contributed by atoms with Gasteiger partial charge in [0, 0.05) is 35.9 Å². The molecule has 0 radical (unpaired) electrons. The van der Waals surface area contributed by atoms with Crippen LogP contribution < -0.4 is 5.73 Å². The average Bonchev–Trinajstić information content (AvgIpc) is 3.36. The summed E-state index contributed by atoms with van der Waals surface area (Å²) in [5.41, 5.74) is 8.77. The first-order chi connectivity index (χ1) is 15.9. The van der Waals surface area contributed by atoms with Gasteiger partial charge in [-0.05, 0) is 70.0 Å². The van der Waals surface area contributed by atoms with E-state index in [1.165, 1.54) is 5.69 Å². The molecule has 4 rings (SSSR count). The molecule has 2 aliphatic rings. The van der Waals surface area contributed by atoms with Crippen LogP contribution in [0.5, 0.6) is 0 Å². The van der Waals surface area contributed by atoms with Gasteiger partial charge in [0.15, 0.2) is 0 Å². The minimum atomic E-state index is -0.252. The van der Waals surface area contributed by atoms with Crippen molar-refractivity contribution in [1.29, 1.82) is 5.41 Å². The van der Waals surface area contributed by atoms with Crippen LogP contribution in [-0.2, 0) is 27.3 Å². The third-order valence-electron chi connectivity index (χ3n) is 7.06. The molecule has 8 nitrogen and oxygen atoms in total. The van der Waals surface area contributed by atoms with Gasteiger partial charge < -0.3 is 19.9 Å². The highest BCUT2D eigenvalue weighted by molar-refractivity contribution is 5.98. The van der Waals surface area contributed by atoms with E-state index in [2.05, 4.69) is 17.6 Å². The number of esters is 1. The Labute approximate surface area is 195 Å². The summed E-state index contributed by atoms with van der Waals surface area (Å²) in [6.07, 6.45) is 4.59.